The number of hydrogen-bond acceptors (Lipinski definition) is 2. The van der Waals surface area contributed by atoms with Gasteiger partial charge in [-0.05, 0) is 37.6 Å². The summed E-state index contributed by atoms with van der Waals surface area (Å²) in [5.74, 6) is -1.28. The molecule has 1 amide bonds. The minimum atomic E-state index is -0.577. The van der Waals surface area contributed by atoms with Gasteiger partial charge >= 0.3 is 0 Å². The molecule has 1 heterocycles. The van der Waals surface area contributed by atoms with E-state index in [4.69, 9.17) is 0 Å². The molecule has 1 unspecified atom stereocenters. The van der Waals surface area contributed by atoms with Crippen LogP contribution in [-0.4, -0.2) is 19.0 Å². The first-order valence-corrected chi connectivity index (χ1v) is 6.14. The van der Waals surface area contributed by atoms with Crippen LogP contribution in [0.15, 0.2) is 29.3 Å². The smallest absolute Gasteiger partial charge is 0.247 e. The van der Waals surface area contributed by atoms with E-state index >= 15 is 0 Å². The van der Waals surface area contributed by atoms with E-state index < -0.39 is 17.7 Å². The minimum Gasteiger partial charge on any atom is -0.346 e. The first-order chi connectivity index (χ1) is 8.99. The Balaban J connectivity index is 2.10. The largest absolute Gasteiger partial charge is 0.346 e. The van der Waals surface area contributed by atoms with Gasteiger partial charge in [-0.2, -0.15) is 0 Å². The van der Waals surface area contributed by atoms with Gasteiger partial charge in [0.05, 0.1) is 6.04 Å². The lowest BCUT2D eigenvalue weighted by molar-refractivity contribution is -0.118. The van der Waals surface area contributed by atoms with E-state index in [2.05, 4.69) is 10.6 Å². The van der Waals surface area contributed by atoms with Gasteiger partial charge in [-0.3, -0.25) is 4.79 Å². The molecular formula is C14H16F2N2O. The number of carbonyl (C=O) groups is 1. The fourth-order valence-electron chi connectivity index (χ4n) is 1.90. The molecule has 2 rings (SSSR count). The van der Waals surface area contributed by atoms with Gasteiger partial charge in [0.15, 0.2) is 0 Å². The van der Waals surface area contributed by atoms with E-state index in [9.17, 15) is 13.6 Å². The number of halogens is 2. The van der Waals surface area contributed by atoms with Crippen molar-refractivity contribution < 1.29 is 13.6 Å². The van der Waals surface area contributed by atoms with E-state index in [0.717, 1.165) is 23.8 Å². The van der Waals surface area contributed by atoms with Crippen molar-refractivity contribution in [2.45, 2.75) is 19.9 Å². The summed E-state index contributed by atoms with van der Waals surface area (Å²) in [4.78, 5) is 11.9. The first-order valence-electron chi connectivity index (χ1n) is 6.14. The van der Waals surface area contributed by atoms with E-state index in [1.54, 1.807) is 13.8 Å². The molecule has 1 aromatic carbocycles. The van der Waals surface area contributed by atoms with Crippen LogP contribution in [0.1, 0.15) is 25.5 Å². The molecule has 5 heteroatoms. The molecule has 0 saturated carbocycles. The highest BCUT2D eigenvalue weighted by atomic mass is 19.1. The van der Waals surface area contributed by atoms with Crippen LogP contribution in [0.5, 0.6) is 0 Å². The monoisotopic (exact) mass is 266 g/mol. The topological polar surface area (TPSA) is 41.1 Å². The average Bonchev–Trinajstić information content (AvgIpc) is 2.29. The van der Waals surface area contributed by atoms with Crippen molar-refractivity contribution in [3.63, 3.8) is 0 Å². The van der Waals surface area contributed by atoms with Crippen LogP contribution in [0.25, 0.3) is 0 Å². The summed E-state index contributed by atoms with van der Waals surface area (Å²) in [6, 6.07) is 2.65. The van der Waals surface area contributed by atoms with Gasteiger partial charge in [-0.1, -0.05) is 0 Å². The normalized spacial score (nSPS) is 15.7. The van der Waals surface area contributed by atoms with E-state index in [1.807, 2.05) is 0 Å². The van der Waals surface area contributed by atoms with Crippen LogP contribution >= 0.6 is 0 Å². The molecule has 1 fully saturated rings. The Bertz CT molecular complexity index is 534. The van der Waals surface area contributed by atoms with Crippen molar-refractivity contribution in [2.24, 2.45) is 0 Å². The number of rotatable bonds is 3. The third-order valence-corrected chi connectivity index (χ3v) is 3.32. The van der Waals surface area contributed by atoms with Crippen molar-refractivity contribution in [3.8, 4) is 0 Å². The van der Waals surface area contributed by atoms with Gasteiger partial charge in [-0.15, -0.1) is 0 Å². The minimum absolute atomic E-state index is 0.151. The van der Waals surface area contributed by atoms with Gasteiger partial charge in [0.2, 0.25) is 5.91 Å². The predicted octanol–water partition coefficient (Wildman–Crippen LogP) is 2.06. The Morgan fingerprint density at radius 3 is 2.63 bits per heavy atom. The molecule has 1 aromatic rings. The number of nitrogens with one attached hydrogen (secondary N) is 2. The SMILES string of the molecule is CC(C(=O)NC(C)c1cc(F)ccc1F)=C1CNC1. The first kappa shape index (κ1) is 13.7. The second-order valence-corrected chi connectivity index (χ2v) is 4.69. The Kier molecular flexibility index (Phi) is 3.95. The van der Waals surface area contributed by atoms with Gasteiger partial charge in [0.25, 0.3) is 0 Å². The summed E-state index contributed by atoms with van der Waals surface area (Å²) in [5, 5.41) is 5.73. The van der Waals surface area contributed by atoms with Crippen molar-refractivity contribution in [1.29, 1.82) is 0 Å². The molecule has 0 aromatic heterocycles. The molecule has 0 aliphatic carbocycles. The summed E-state index contributed by atoms with van der Waals surface area (Å²) in [7, 11) is 0. The van der Waals surface area contributed by atoms with Crippen LogP contribution in [-0.2, 0) is 4.79 Å². The van der Waals surface area contributed by atoms with Gasteiger partial charge in [-0.25, -0.2) is 8.78 Å². The molecule has 0 bridgehead atoms. The number of amides is 1. The van der Waals surface area contributed by atoms with Crippen LogP contribution in [0, 0.1) is 11.6 Å². The van der Waals surface area contributed by atoms with Gasteiger partial charge < -0.3 is 10.6 Å². The second-order valence-electron chi connectivity index (χ2n) is 4.69. The number of benzene rings is 1. The van der Waals surface area contributed by atoms with Crippen molar-refractivity contribution in [1.82, 2.24) is 10.6 Å². The van der Waals surface area contributed by atoms with Crippen LogP contribution < -0.4 is 10.6 Å². The maximum atomic E-state index is 13.6. The molecule has 0 spiro atoms. The highest BCUT2D eigenvalue weighted by Gasteiger charge is 2.19. The fraction of sp³-hybridized carbons (Fsp3) is 0.357. The Hall–Kier alpha value is -1.75. The fourth-order valence-corrected chi connectivity index (χ4v) is 1.90. The molecule has 1 atom stereocenters. The molecule has 19 heavy (non-hydrogen) atoms. The molecule has 1 aliphatic heterocycles. The second kappa shape index (κ2) is 5.48. The summed E-state index contributed by atoms with van der Waals surface area (Å²) in [6.45, 7) is 4.79. The maximum absolute atomic E-state index is 13.6. The lowest BCUT2D eigenvalue weighted by atomic mass is 10.0. The highest BCUT2D eigenvalue weighted by molar-refractivity contribution is 5.94. The number of carbonyl (C=O) groups excluding carboxylic acids is 1. The lowest BCUT2D eigenvalue weighted by Gasteiger charge is -2.23. The molecule has 1 aliphatic rings. The van der Waals surface area contributed by atoms with Gasteiger partial charge in [0, 0.05) is 24.2 Å². The summed E-state index contributed by atoms with van der Waals surface area (Å²) in [5.41, 5.74) is 1.84. The summed E-state index contributed by atoms with van der Waals surface area (Å²) in [6.07, 6.45) is 0. The molecule has 2 N–H and O–H groups in total. The molecule has 3 nitrogen and oxygen atoms in total. The molecule has 1 saturated heterocycles. The third-order valence-electron chi connectivity index (χ3n) is 3.32. The molecule has 102 valence electrons. The number of hydrogen-bond donors (Lipinski definition) is 2. The summed E-state index contributed by atoms with van der Waals surface area (Å²) >= 11 is 0. The lowest BCUT2D eigenvalue weighted by Crippen LogP contribution is -2.38. The quantitative estimate of drug-likeness (QED) is 0.822. The third kappa shape index (κ3) is 2.98. The van der Waals surface area contributed by atoms with Crippen LogP contribution in [0.2, 0.25) is 0 Å². The molecule has 0 radical (unpaired) electrons. The predicted molar refractivity (Wildman–Crippen MR) is 68.5 cm³/mol. The zero-order valence-corrected chi connectivity index (χ0v) is 10.9. The zero-order valence-electron chi connectivity index (χ0n) is 10.9. The van der Waals surface area contributed by atoms with Crippen LogP contribution in [0.3, 0.4) is 0 Å². The highest BCUT2D eigenvalue weighted by Crippen LogP contribution is 2.19. The van der Waals surface area contributed by atoms with Crippen molar-refractivity contribution in [2.75, 3.05) is 13.1 Å². The zero-order chi connectivity index (χ0) is 14.0. The summed E-state index contributed by atoms with van der Waals surface area (Å²) < 4.78 is 26.7. The van der Waals surface area contributed by atoms with Crippen molar-refractivity contribution >= 4 is 5.91 Å². The average molecular weight is 266 g/mol. The van der Waals surface area contributed by atoms with E-state index in [1.165, 1.54) is 0 Å². The van der Waals surface area contributed by atoms with E-state index in [-0.39, 0.29) is 11.5 Å². The van der Waals surface area contributed by atoms with Crippen molar-refractivity contribution in [3.05, 3.63) is 46.5 Å². The Morgan fingerprint density at radius 1 is 1.37 bits per heavy atom. The maximum Gasteiger partial charge on any atom is 0.247 e. The van der Waals surface area contributed by atoms with E-state index in [0.29, 0.717) is 18.7 Å². The molecular weight excluding hydrogens is 250 g/mol. The standard InChI is InChI=1S/C14H16F2N2O/c1-8(10-6-17-7-10)14(19)18-9(2)12-5-11(15)3-4-13(12)16/h3-5,9,17H,6-7H2,1-2H3,(H,18,19). The Labute approximate surface area is 110 Å². The Morgan fingerprint density at radius 2 is 2.05 bits per heavy atom. The van der Waals surface area contributed by atoms with Gasteiger partial charge in [0.1, 0.15) is 11.6 Å². The van der Waals surface area contributed by atoms with Crippen LogP contribution in [0.4, 0.5) is 8.78 Å².